The van der Waals surface area contributed by atoms with Gasteiger partial charge in [-0.3, -0.25) is 9.59 Å². The van der Waals surface area contributed by atoms with Crippen LogP contribution in [0.25, 0.3) is 0 Å². The van der Waals surface area contributed by atoms with Crippen LogP contribution in [0.1, 0.15) is 22.8 Å². The zero-order valence-electron chi connectivity index (χ0n) is 12.4. The quantitative estimate of drug-likeness (QED) is 0.797. The number of aryl methyl sites for hydroxylation is 1. The van der Waals surface area contributed by atoms with Crippen LogP contribution < -0.4 is 11.1 Å². The Morgan fingerprint density at radius 2 is 1.95 bits per heavy atom. The number of nitrogens with two attached hydrogens (primary N) is 1. The molecule has 6 nitrogen and oxygen atoms in total. The van der Waals surface area contributed by atoms with E-state index in [9.17, 15) is 9.59 Å². The summed E-state index contributed by atoms with van der Waals surface area (Å²) in [5.74, 6) is -0.383. The number of carbonyl (C=O) groups is 2. The molecule has 1 aliphatic heterocycles. The third kappa shape index (κ3) is 3.95. The Balaban J connectivity index is 1.99. The third-order valence-corrected chi connectivity index (χ3v) is 3.40. The second-order valence-electron chi connectivity index (χ2n) is 5.27. The summed E-state index contributed by atoms with van der Waals surface area (Å²) in [6, 6.07) is 4.57. The lowest BCUT2D eigenvalue weighted by molar-refractivity contribution is -0.136. The monoisotopic (exact) mass is 291 g/mol. The number of hydrogen-bond acceptors (Lipinski definition) is 4. The van der Waals surface area contributed by atoms with Crippen molar-refractivity contribution in [1.82, 2.24) is 10.2 Å². The third-order valence-electron chi connectivity index (χ3n) is 3.40. The molecule has 0 bridgehead atoms. The van der Waals surface area contributed by atoms with E-state index in [0.717, 1.165) is 5.56 Å². The summed E-state index contributed by atoms with van der Waals surface area (Å²) in [5.41, 5.74) is 7.65. The molecule has 1 aliphatic rings. The van der Waals surface area contributed by atoms with Crippen LogP contribution in [0.4, 0.5) is 5.69 Å². The van der Waals surface area contributed by atoms with Crippen molar-refractivity contribution < 1.29 is 14.3 Å². The molecular weight excluding hydrogens is 270 g/mol. The van der Waals surface area contributed by atoms with Crippen molar-refractivity contribution in [2.45, 2.75) is 19.9 Å². The first-order chi connectivity index (χ1) is 9.97. The highest BCUT2D eigenvalue weighted by Crippen LogP contribution is 2.11. The first kappa shape index (κ1) is 15.3. The van der Waals surface area contributed by atoms with Gasteiger partial charge >= 0.3 is 0 Å². The maximum Gasteiger partial charge on any atom is 0.252 e. The van der Waals surface area contributed by atoms with Crippen molar-refractivity contribution in [3.63, 3.8) is 0 Å². The molecule has 114 valence electrons. The lowest BCUT2D eigenvalue weighted by atomic mass is 10.1. The van der Waals surface area contributed by atoms with E-state index in [1.54, 1.807) is 30.0 Å². The summed E-state index contributed by atoms with van der Waals surface area (Å²) in [5, 5.41) is 2.72. The fourth-order valence-electron chi connectivity index (χ4n) is 2.34. The Morgan fingerprint density at radius 1 is 1.29 bits per heavy atom. The van der Waals surface area contributed by atoms with Crippen LogP contribution in [0.3, 0.4) is 0 Å². The highest BCUT2D eigenvalue weighted by molar-refractivity contribution is 5.98. The van der Waals surface area contributed by atoms with Crippen LogP contribution in [0.5, 0.6) is 0 Å². The average Bonchev–Trinajstić information content (AvgIpc) is 2.46. The number of nitrogen functional groups attached to an aromatic ring is 1. The Kier molecular flexibility index (Phi) is 4.80. The lowest BCUT2D eigenvalue weighted by Crippen LogP contribution is -2.50. The molecule has 1 aromatic carbocycles. The van der Waals surface area contributed by atoms with Crippen molar-refractivity contribution in [3.05, 3.63) is 29.3 Å². The van der Waals surface area contributed by atoms with Gasteiger partial charge in [0.15, 0.2) is 0 Å². The number of amides is 2. The molecule has 21 heavy (non-hydrogen) atoms. The molecule has 6 heteroatoms. The standard InChI is InChI=1S/C15H21N3O3/c1-10-7-12(9-13(16)8-10)14(19)17-11(2)15(20)18-3-5-21-6-4-18/h7-9,11H,3-6,16H2,1-2H3,(H,17,19). The second-order valence-corrected chi connectivity index (χ2v) is 5.27. The number of morpholine rings is 1. The topological polar surface area (TPSA) is 84.7 Å². The molecule has 0 saturated carbocycles. The predicted octanol–water partition coefficient (Wildman–Crippen LogP) is 0.554. The summed E-state index contributed by atoms with van der Waals surface area (Å²) in [7, 11) is 0. The van der Waals surface area contributed by atoms with Gasteiger partial charge in [-0.25, -0.2) is 0 Å². The van der Waals surface area contributed by atoms with Crippen molar-refractivity contribution in [1.29, 1.82) is 0 Å². The van der Waals surface area contributed by atoms with Crippen molar-refractivity contribution >= 4 is 17.5 Å². The summed E-state index contributed by atoms with van der Waals surface area (Å²) in [6.45, 7) is 5.78. The first-order valence-corrected chi connectivity index (χ1v) is 7.02. The van der Waals surface area contributed by atoms with Crippen LogP contribution in [-0.2, 0) is 9.53 Å². The molecule has 3 N–H and O–H groups in total. The maximum atomic E-state index is 12.2. The van der Waals surface area contributed by atoms with E-state index in [-0.39, 0.29) is 11.8 Å². The zero-order chi connectivity index (χ0) is 15.4. The van der Waals surface area contributed by atoms with E-state index in [1.165, 1.54) is 0 Å². The Morgan fingerprint density at radius 3 is 2.57 bits per heavy atom. The minimum atomic E-state index is -0.572. The van der Waals surface area contributed by atoms with Gasteiger partial charge in [-0.05, 0) is 37.6 Å². The maximum absolute atomic E-state index is 12.2. The van der Waals surface area contributed by atoms with E-state index in [4.69, 9.17) is 10.5 Å². The Bertz CT molecular complexity index is 519. The summed E-state index contributed by atoms with van der Waals surface area (Å²) < 4.78 is 5.21. The molecule has 1 fully saturated rings. The molecular formula is C15H21N3O3. The number of nitrogens with one attached hydrogen (secondary N) is 1. The first-order valence-electron chi connectivity index (χ1n) is 7.02. The average molecular weight is 291 g/mol. The minimum absolute atomic E-state index is 0.0905. The van der Waals surface area contributed by atoms with Crippen LogP contribution in [0, 0.1) is 6.92 Å². The van der Waals surface area contributed by atoms with Crippen molar-refractivity contribution in [3.8, 4) is 0 Å². The Hall–Kier alpha value is -2.08. The molecule has 2 rings (SSSR count). The van der Waals surface area contributed by atoms with Gasteiger partial charge in [-0.1, -0.05) is 0 Å². The lowest BCUT2D eigenvalue weighted by Gasteiger charge is -2.29. The molecule has 1 unspecified atom stereocenters. The van der Waals surface area contributed by atoms with Crippen LogP contribution >= 0.6 is 0 Å². The molecule has 1 atom stereocenters. The summed E-state index contributed by atoms with van der Waals surface area (Å²) in [4.78, 5) is 26.1. The van der Waals surface area contributed by atoms with E-state index in [0.29, 0.717) is 37.6 Å². The van der Waals surface area contributed by atoms with E-state index in [1.807, 2.05) is 6.92 Å². The van der Waals surface area contributed by atoms with Gasteiger partial charge in [0.1, 0.15) is 6.04 Å². The highest BCUT2D eigenvalue weighted by atomic mass is 16.5. The molecule has 1 heterocycles. The Labute approximate surface area is 124 Å². The summed E-state index contributed by atoms with van der Waals surface area (Å²) in [6.07, 6.45) is 0. The van der Waals surface area contributed by atoms with Gasteiger partial charge in [0.25, 0.3) is 5.91 Å². The normalized spacial score (nSPS) is 16.4. The van der Waals surface area contributed by atoms with Gasteiger partial charge in [-0.15, -0.1) is 0 Å². The number of carbonyl (C=O) groups excluding carboxylic acids is 2. The SMILES string of the molecule is Cc1cc(N)cc(C(=O)NC(C)C(=O)N2CCOCC2)c1. The van der Waals surface area contributed by atoms with E-state index in [2.05, 4.69) is 5.32 Å². The fraction of sp³-hybridized carbons (Fsp3) is 0.467. The van der Waals surface area contributed by atoms with Gasteiger partial charge in [-0.2, -0.15) is 0 Å². The molecule has 1 saturated heterocycles. The van der Waals surface area contributed by atoms with Crippen molar-refractivity contribution in [2.24, 2.45) is 0 Å². The largest absolute Gasteiger partial charge is 0.399 e. The number of anilines is 1. The number of nitrogens with zero attached hydrogens (tertiary/aromatic N) is 1. The molecule has 2 amide bonds. The smallest absolute Gasteiger partial charge is 0.252 e. The van der Waals surface area contributed by atoms with Crippen LogP contribution in [0.15, 0.2) is 18.2 Å². The number of ether oxygens (including phenoxy) is 1. The van der Waals surface area contributed by atoms with Crippen molar-refractivity contribution in [2.75, 3.05) is 32.0 Å². The molecule has 0 aromatic heterocycles. The van der Waals surface area contributed by atoms with Gasteiger partial charge in [0.2, 0.25) is 5.91 Å². The van der Waals surface area contributed by atoms with E-state index >= 15 is 0 Å². The predicted molar refractivity (Wildman–Crippen MR) is 79.9 cm³/mol. The number of benzene rings is 1. The second kappa shape index (κ2) is 6.58. The van der Waals surface area contributed by atoms with Crippen LogP contribution in [-0.4, -0.2) is 49.1 Å². The van der Waals surface area contributed by atoms with Gasteiger partial charge in [0.05, 0.1) is 13.2 Å². The minimum Gasteiger partial charge on any atom is -0.399 e. The van der Waals surface area contributed by atoms with E-state index < -0.39 is 6.04 Å². The molecule has 0 aliphatic carbocycles. The molecule has 1 aromatic rings. The fourth-order valence-corrected chi connectivity index (χ4v) is 2.34. The highest BCUT2D eigenvalue weighted by Gasteiger charge is 2.24. The summed E-state index contributed by atoms with van der Waals surface area (Å²) >= 11 is 0. The number of rotatable bonds is 3. The molecule has 0 spiro atoms. The van der Waals surface area contributed by atoms with Gasteiger partial charge in [0, 0.05) is 24.3 Å². The van der Waals surface area contributed by atoms with Crippen LogP contribution in [0.2, 0.25) is 0 Å². The zero-order valence-corrected chi connectivity index (χ0v) is 12.4. The molecule has 0 radical (unpaired) electrons. The van der Waals surface area contributed by atoms with Gasteiger partial charge < -0.3 is 20.7 Å². The number of hydrogen-bond donors (Lipinski definition) is 2.